The van der Waals surface area contributed by atoms with E-state index in [-0.39, 0.29) is 12.1 Å². The summed E-state index contributed by atoms with van der Waals surface area (Å²) in [7, 11) is 0. The zero-order valence-corrected chi connectivity index (χ0v) is 7.42. The minimum atomic E-state index is -0.379. The van der Waals surface area contributed by atoms with Gasteiger partial charge in [-0.25, -0.2) is 4.39 Å². The molecule has 0 N–H and O–H groups in total. The molecule has 1 saturated heterocycles. The van der Waals surface area contributed by atoms with E-state index in [4.69, 9.17) is 9.47 Å². The molecule has 1 aromatic carbocycles. The number of rotatable bonds is 1. The first-order valence-corrected chi connectivity index (χ1v) is 4.27. The van der Waals surface area contributed by atoms with Crippen molar-refractivity contribution in [3.63, 3.8) is 0 Å². The molecular formula is C10H11FO2. The van der Waals surface area contributed by atoms with Gasteiger partial charge >= 0.3 is 0 Å². The van der Waals surface area contributed by atoms with Gasteiger partial charge in [-0.1, -0.05) is 12.1 Å². The minimum Gasteiger partial charge on any atom is -0.346 e. The molecule has 3 heteroatoms. The highest BCUT2D eigenvalue weighted by Crippen LogP contribution is 2.26. The van der Waals surface area contributed by atoms with Gasteiger partial charge in [-0.05, 0) is 18.6 Å². The van der Waals surface area contributed by atoms with Gasteiger partial charge in [-0.2, -0.15) is 0 Å². The summed E-state index contributed by atoms with van der Waals surface area (Å²) in [6.45, 7) is 2.90. The lowest BCUT2D eigenvalue weighted by atomic mass is 10.1. The highest BCUT2D eigenvalue weighted by atomic mass is 19.1. The van der Waals surface area contributed by atoms with Crippen LogP contribution >= 0.6 is 0 Å². The Balaban J connectivity index is 2.33. The van der Waals surface area contributed by atoms with Crippen LogP contribution in [-0.4, -0.2) is 13.2 Å². The summed E-state index contributed by atoms with van der Waals surface area (Å²) < 4.78 is 23.7. The molecule has 0 aliphatic carbocycles. The third-order valence-electron chi connectivity index (χ3n) is 2.19. The molecule has 0 amide bonds. The van der Waals surface area contributed by atoms with E-state index in [1.807, 2.05) is 6.07 Å². The van der Waals surface area contributed by atoms with E-state index in [2.05, 4.69) is 0 Å². The van der Waals surface area contributed by atoms with Crippen molar-refractivity contribution in [2.75, 3.05) is 13.2 Å². The van der Waals surface area contributed by atoms with Crippen LogP contribution in [-0.2, 0) is 9.47 Å². The number of hydrogen-bond acceptors (Lipinski definition) is 2. The molecule has 0 saturated carbocycles. The quantitative estimate of drug-likeness (QED) is 0.662. The second-order valence-electron chi connectivity index (χ2n) is 3.03. The van der Waals surface area contributed by atoms with Crippen molar-refractivity contribution in [1.82, 2.24) is 0 Å². The van der Waals surface area contributed by atoms with Crippen molar-refractivity contribution in [3.8, 4) is 0 Å². The Kier molecular flexibility index (Phi) is 2.29. The fraction of sp³-hybridized carbons (Fsp3) is 0.400. The van der Waals surface area contributed by atoms with Crippen LogP contribution in [0.2, 0.25) is 0 Å². The summed E-state index contributed by atoms with van der Waals surface area (Å²) in [5, 5.41) is 0. The molecule has 1 heterocycles. The van der Waals surface area contributed by atoms with E-state index in [0.717, 1.165) is 5.56 Å². The molecule has 70 valence electrons. The zero-order chi connectivity index (χ0) is 9.26. The largest absolute Gasteiger partial charge is 0.346 e. The SMILES string of the molecule is Cc1c(F)cccc1C1OCCO1. The smallest absolute Gasteiger partial charge is 0.184 e. The van der Waals surface area contributed by atoms with Gasteiger partial charge in [-0.15, -0.1) is 0 Å². The molecule has 1 fully saturated rings. The summed E-state index contributed by atoms with van der Waals surface area (Å²) in [6.07, 6.45) is -0.379. The third kappa shape index (κ3) is 1.57. The average Bonchev–Trinajstić information content (AvgIpc) is 2.62. The highest BCUT2D eigenvalue weighted by molar-refractivity contribution is 5.28. The molecule has 0 unspecified atom stereocenters. The van der Waals surface area contributed by atoms with Crippen molar-refractivity contribution in [2.24, 2.45) is 0 Å². The molecule has 13 heavy (non-hydrogen) atoms. The van der Waals surface area contributed by atoms with Crippen LogP contribution in [0.15, 0.2) is 18.2 Å². The maximum absolute atomic E-state index is 13.1. The van der Waals surface area contributed by atoms with Crippen molar-refractivity contribution in [1.29, 1.82) is 0 Å². The Hall–Kier alpha value is -0.930. The molecule has 1 aromatic rings. The van der Waals surface area contributed by atoms with E-state index >= 15 is 0 Å². The van der Waals surface area contributed by atoms with E-state index in [1.165, 1.54) is 6.07 Å². The first-order valence-electron chi connectivity index (χ1n) is 4.27. The average molecular weight is 182 g/mol. The van der Waals surface area contributed by atoms with Gasteiger partial charge in [0.15, 0.2) is 6.29 Å². The predicted molar refractivity (Wildman–Crippen MR) is 45.8 cm³/mol. The van der Waals surface area contributed by atoms with Crippen molar-refractivity contribution < 1.29 is 13.9 Å². The van der Waals surface area contributed by atoms with Crippen molar-refractivity contribution in [2.45, 2.75) is 13.2 Å². The lowest BCUT2D eigenvalue weighted by Crippen LogP contribution is -2.01. The number of hydrogen-bond donors (Lipinski definition) is 0. The molecule has 1 aliphatic rings. The Morgan fingerprint density at radius 2 is 2.00 bits per heavy atom. The van der Waals surface area contributed by atoms with E-state index < -0.39 is 0 Å². The topological polar surface area (TPSA) is 18.5 Å². The maximum atomic E-state index is 13.1. The molecule has 2 rings (SSSR count). The second-order valence-corrected chi connectivity index (χ2v) is 3.03. The molecule has 0 bridgehead atoms. The van der Waals surface area contributed by atoms with E-state index in [9.17, 15) is 4.39 Å². The molecule has 1 aliphatic heterocycles. The first kappa shape index (κ1) is 8.66. The van der Waals surface area contributed by atoms with E-state index in [0.29, 0.717) is 18.8 Å². The number of halogens is 1. The fourth-order valence-electron chi connectivity index (χ4n) is 1.42. The van der Waals surface area contributed by atoms with Gasteiger partial charge in [0, 0.05) is 5.56 Å². The Morgan fingerprint density at radius 1 is 1.31 bits per heavy atom. The molecule has 0 spiro atoms. The molecule has 2 nitrogen and oxygen atoms in total. The molecule has 0 atom stereocenters. The van der Waals surface area contributed by atoms with Gasteiger partial charge < -0.3 is 9.47 Å². The van der Waals surface area contributed by atoms with Crippen molar-refractivity contribution in [3.05, 3.63) is 35.1 Å². The van der Waals surface area contributed by atoms with Crippen LogP contribution in [0.5, 0.6) is 0 Å². The van der Waals surface area contributed by atoms with Crippen LogP contribution in [0.25, 0.3) is 0 Å². The monoisotopic (exact) mass is 182 g/mol. The van der Waals surface area contributed by atoms with Crippen LogP contribution < -0.4 is 0 Å². The Labute approximate surface area is 76.3 Å². The van der Waals surface area contributed by atoms with Crippen LogP contribution in [0.4, 0.5) is 4.39 Å². The molecule has 0 aromatic heterocycles. The lowest BCUT2D eigenvalue weighted by molar-refractivity contribution is -0.0447. The maximum Gasteiger partial charge on any atom is 0.184 e. The lowest BCUT2D eigenvalue weighted by Gasteiger charge is -2.12. The van der Waals surface area contributed by atoms with Crippen LogP contribution in [0.3, 0.4) is 0 Å². The standard InChI is InChI=1S/C10H11FO2/c1-7-8(3-2-4-9(7)11)10-12-5-6-13-10/h2-4,10H,5-6H2,1H3. The summed E-state index contributed by atoms with van der Waals surface area (Å²) in [5.74, 6) is -0.211. The van der Waals surface area contributed by atoms with Gasteiger partial charge in [0.05, 0.1) is 13.2 Å². The minimum absolute atomic E-state index is 0.211. The third-order valence-corrected chi connectivity index (χ3v) is 2.19. The second kappa shape index (κ2) is 3.44. The normalized spacial score (nSPS) is 18.0. The summed E-state index contributed by atoms with van der Waals surface area (Å²) in [4.78, 5) is 0. The van der Waals surface area contributed by atoms with Gasteiger partial charge in [0.25, 0.3) is 0 Å². The molecule has 0 radical (unpaired) electrons. The first-order chi connectivity index (χ1) is 6.29. The van der Waals surface area contributed by atoms with Crippen molar-refractivity contribution >= 4 is 0 Å². The highest BCUT2D eigenvalue weighted by Gasteiger charge is 2.20. The number of ether oxygens (including phenoxy) is 2. The zero-order valence-electron chi connectivity index (χ0n) is 7.42. The fourth-order valence-corrected chi connectivity index (χ4v) is 1.42. The Morgan fingerprint density at radius 3 is 2.69 bits per heavy atom. The van der Waals surface area contributed by atoms with Crippen LogP contribution in [0, 0.1) is 12.7 Å². The van der Waals surface area contributed by atoms with Gasteiger partial charge in [0.1, 0.15) is 5.82 Å². The van der Waals surface area contributed by atoms with Crippen LogP contribution in [0.1, 0.15) is 17.4 Å². The summed E-state index contributed by atoms with van der Waals surface area (Å²) >= 11 is 0. The van der Waals surface area contributed by atoms with Gasteiger partial charge in [0.2, 0.25) is 0 Å². The van der Waals surface area contributed by atoms with E-state index in [1.54, 1.807) is 13.0 Å². The molecular weight excluding hydrogens is 171 g/mol. The predicted octanol–water partition coefficient (Wildman–Crippen LogP) is 2.18. The Bertz CT molecular complexity index is 306. The summed E-state index contributed by atoms with van der Waals surface area (Å²) in [6, 6.07) is 4.94. The summed E-state index contributed by atoms with van der Waals surface area (Å²) in [5.41, 5.74) is 1.40. The number of benzene rings is 1. The van der Waals surface area contributed by atoms with Gasteiger partial charge in [-0.3, -0.25) is 0 Å².